The van der Waals surface area contributed by atoms with Crippen LogP contribution in [0.5, 0.6) is 0 Å². The van der Waals surface area contributed by atoms with Gasteiger partial charge >= 0.3 is 0 Å². The molecule has 2 fully saturated rings. The van der Waals surface area contributed by atoms with E-state index in [1.165, 1.54) is 0 Å². The largest absolute Gasteiger partial charge is 0.348 e. The van der Waals surface area contributed by atoms with Crippen LogP contribution in [0, 0.1) is 0 Å². The first-order valence-corrected chi connectivity index (χ1v) is 8.00. The number of hydrogen-bond donors (Lipinski definition) is 1. The Morgan fingerprint density at radius 3 is 2.89 bits per heavy atom. The van der Waals surface area contributed by atoms with Gasteiger partial charge < -0.3 is 4.98 Å². The smallest absolute Gasteiger partial charge is 0.153 e. The molecule has 0 aromatic carbocycles. The lowest BCUT2D eigenvalue weighted by atomic mass is 10.1. The van der Waals surface area contributed by atoms with E-state index in [1.807, 2.05) is 7.05 Å². The number of likely N-dealkylation sites (N-methyl/N-ethyl adjacent to an activating group) is 1. The molecule has 1 aromatic heterocycles. The van der Waals surface area contributed by atoms with Crippen LogP contribution < -0.4 is 0 Å². The Morgan fingerprint density at radius 2 is 2.17 bits per heavy atom. The second-order valence-electron chi connectivity index (χ2n) is 5.20. The molecular weight excluding hydrogens is 252 g/mol. The number of H-pyrrole nitrogens is 1. The Morgan fingerprint density at radius 1 is 1.39 bits per heavy atom. The number of aromatic nitrogens is 2. The van der Waals surface area contributed by atoms with Crippen molar-refractivity contribution in [3.63, 3.8) is 0 Å². The van der Waals surface area contributed by atoms with Gasteiger partial charge in [0.1, 0.15) is 5.82 Å². The minimum Gasteiger partial charge on any atom is -0.348 e. The average molecular weight is 270 g/mol. The average Bonchev–Trinajstić information content (AvgIpc) is 2.89. The minimum absolute atomic E-state index is 0.110. The molecule has 0 spiro atoms. The van der Waals surface area contributed by atoms with Crippen LogP contribution in [0.3, 0.4) is 0 Å². The monoisotopic (exact) mass is 270 g/mol. The van der Waals surface area contributed by atoms with Gasteiger partial charge in [0.25, 0.3) is 0 Å². The summed E-state index contributed by atoms with van der Waals surface area (Å²) in [4.78, 5) is 11.7. The molecular formula is C11H18N4O2S. The van der Waals surface area contributed by atoms with Crippen molar-refractivity contribution >= 4 is 9.84 Å². The molecule has 18 heavy (non-hydrogen) atoms. The van der Waals surface area contributed by atoms with Gasteiger partial charge in [0, 0.05) is 37.6 Å². The van der Waals surface area contributed by atoms with Crippen molar-refractivity contribution in [3.05, 3.63) is 18.2 Å². The van der Waals surface area contributed by atoms with Crippen LogP contribution in [0.15, 0.2) is 12.4 Å². The Bertz CT molecular complexity index is 513. The van der Waals surface area contributed by atoms with Crippen LogP contribution >= 0.6 is 0 Å². The highest BCUT2D eigenvalue weighted by Crippen LogP contribution is 2.26. The summed E-state index contributed by atoms with van der Waals surface area (Å²) in [6, 6.07) is 0.248. The SMILES string of the molecule is CN1CCN(Cc2ncc[nH]2)[C@@H]2CS(=O)(=O)C[C@@H]21. The van der Waals surface area contributed by atoms with Crippen LogP contribution in [0.4, 0.5) is 0 Å². The minimum atomic E-state index is -2.89. The van der Waals surface area contributed by atoms with Gasteiger partial charge in [-0.05, 0) is 7.05 Å². The van der Waals surface area contributed by atoms with Crippen molar-refractivity contribution in [2.45, 2.75) is 18.6 Å². The number of nitrogens with one attached hydrogen (secondary N) is 1. The lowest BCUT2D eigenvalue weighted by Crippen LogP contribution is -2.57. The third kappa shape index (κ3) is 2.17. The molecule has 1 N–H and O–H groups in total. The summed E-state index contributed by atoms with van der Waals surface area (Å²) in [6.07, 6.45) is 3.53. The van der Waals surface area contributed by atoms with E-state index < -0.39 is 9.84 Å². The summed E-state index contributed by atoms with van der Waals surface area (Å²) in [5.41, 5.74) is 0. The quantitative estimate of drug-likeness (QED) is 0.771. The number of aromatic amines is 1. The lowest BCUT2D eigenvalue weighted by molar-refractivity contribution is 0.0556. The molecule has 0 radical (unpaired) electrons. The van der Waals surface area contributed by atoms with E-state index in [1.54, 1.807) is 12.4 Å². The number of hydrogen-bond acceptors (Lipinski definition) is 5. The summed E-state index contributed by atoms with van der Waals surface area (Å²) < 4.78 is 23.6. The van der Waals surface area contributed by atoms with Gasteiger partial charge in [-0.3, -0.25) is 9.80 Å². The molecule has 0 bridgehead atoms. The van der Waals surface area contributed by atoms with Crippen LogP contribution in [-0.4, -0.2) is 71.9 Å². The Labute approximate surface area is 107 Å². The molecule has 100 valence electrons. The first-order valence-electron chi connectivity index (χ1n) is 6.18. The molecule has 2 aliphatic rings. The van der Waals surface area contributed by atoms with E-state index in [0.717, 1.165) is 18.9 Å². The third-order valence-corrected chi connectivity index (χ3v) is 5.68. The second kappa shape index (κ2) is 4.32. The van der Waals surface area contributed by atoms with Crippen LogP contribution in [0.1, 0.15) is 5.82 Å². The second-order valence-corrected chi connectivity index (χ2v) is 7.35. The maximum atomic E-state index is 11.8. The van der Waals surface area contributed by atoms with Gasteiger partial charge in [-0.1, -0.05) is 0 Å². The van der Waals surface area contributed by atoms with Crippen LogP contribution in [0.2, 0.25) is 0 Å². The highest BCUT2D eigenvalue weighted by molar-refractivity contribution is 7.91. The third-order valence-electron chi connectivity index (χ3n) is 3.98. The van der Waals surface area contributed by atoms with Gasteiger partial charge in [-0.25, -0.2) is 13.4 Å². The van der Waals surface area contributed by atoms with Crippen molar-refractivity contribution in [1.29, 1.82) is 0 Å². The number of rotatable bonds is 2. The first-order chi connectivity index (χ1) is 8.55. The maximum Gasteiger partial charge on any atom is 0.153 e. The van der Waals surface area contributed by atoms with Crippen molar-refractivity contribution in [1.82, 2.24) is 19.8 Å². The maximum absolute atomic E-state index is 11.8. The first kappa shape index (κ1) is 12.1. The van der Waals surface area contributed by atoms with E-state index in [-0.39, 0.29) is 17.8 Å². The van der Waals surface area contributed by atoms with Crippen molar-refractivity contribution in [2.75, 3.05) is 31.6 Å². The van der Waals surface area contributed by atoms with Crippen molar-refractivity contribution in [2.24, 2.45) is 0 Å². The molecule has 0 saturated carbocycles. The molecule has 2 aliphatic heterocycles. The molecule has 2 atom stereocenters. The number of imidazole rings is 1. The zero-order valence-electron chi connectivity index (χ0n) is 10.4. The summed E-state index contributed by atoms with van der Waals surface area (Å²) in [5, 5.41) is 0. The lowest BCUT2D eigenvalue weighted by Gasteiger charge is -2.41. The van der Waals surface area contributed by atoms with Gasteiger partial charge in [0.15, 0.2) is 9.84 Å². The van der Waals surface area contributed by atoms with E-state index in [9.17, 15) is 8.42 Å². The van der Waals surface area contributed by atoms with Crippen LogP contribution in [-0.2, 0) is 16.4 Å². The van der Waals surface area contributed by atoms with Gasteiger partial charge in [0.05, 0.1) is 18.1 Å². The molecule has 0 aliphatic carbocycles. The zero-order chi connectivity index (χ0) is 12.8. The predicted octanol–water partition coefficient (Wildman–Crippen LogP) is -0.677. The van der Waals surface area contributed by atoms with Crippen molar-refractivity contribution in [3.8, 4) is 0 Å². The Balaban J connectivity index is 1.80. The van der Waals surface area contributed by atoms with Gasteiger partial charge in [-0.15, -0.1) is 0 Å². The van der Waals surface area contributed by atoms with E-state index in [4.69, 9.17) is 0 Å². The highest BCUT2D eigenvalue weighted by atomic mass is 32.2. The van der Waals surface area contributed by atoms with Gasteiger partial charge in [-0.2, -0.15) is 0 Å². The Hall–Kier alpha value is -0.920. The van der Waals surface area contributed by atoms with E-state index >= 15 is 0 Å². The molecule has 3 rings (SSSR count). The van der Waals surface area contributed by atoms with Crippen LogP contribution in [0.25, 0.3) is 0 Å². The standard InChI is InChI=1S/C11H18N4O2S/c1-14-4-5-15(6-11-12-2-3-13-11)10-8-18(16,17)7-9(10)14/h2-3,9-10H,4-8H2,1H3,(H,12,13)/t9-,10+/m0/s1. The molecule has 7 heteroatoms. The summed E-state index contributed by atoms with van der Waals surface area (Å²) in [6.45, 7) is 2.52. The van der Waals surface area contributed by atoms with Gasteiger partial charge in [0.2, 0.25) is 0 Å². The van der Waals surface area contributed by atoms with Crippen molar-refractivity contribution < 1.29 is 8.42 Å². The fourth-order valence-corrected chi connectivity index (χ4v) is 5.06. The number of piperazine rings is 1. The Kier molecular flexibility index (Phi) is 2.91. The number of nitrogens with zero attached hydrogens (tertiary/aromatic N) is 3. The highest BCUT2D eigenvalue weighted by Gasteiger charge is 2.45. The molecule has 3 heterocycles. The van der Waals surface area contributed by atoms with E-state index in [0.29, 0.717) is 12.3 Å². The topological polar surface area (TPSA) is 69.3 Å². The molecule has 0 unspecified atom stereocenters. The molecule has 1 aromatic rings. The fourth-order valence-electron chi connectivity index (χ4n) is 2.97. The zero-order valence-corrected chi connectivity index (χ0v) is 11.2. The number of fused-ring (bicyclic) bond motifs is 1. The molecule has 0 amide bonds. The molecule has 2 saturated heterocycles. The summed E-state index contributed by atoms with van der Waals surface area (Å²) in [7, 11) is -0.871. The predicted molar refractivity (Wildman–Crippen MR) is 67.9 cm³/mol. The fraction of sp³-hybridized carbons (Fsp3) is 0.727. The summed E-state index contributed by atoms with van der Waals surface area (Å²) >= 11 is 0. The normalized spacial score (nSPS) is 32.5. The number of sulfone groups is 1. The molecule has 6 nitrogen and oxygen atoms in total. The summed E-state index contributed by atoms with van der Waals surface area (Å²) in [5.74, 6) is 1.48. The van der Waals surface area contributed by atoms with E-state index in [2.05, 4.69) is 19.8 Å².